The van der Waals surface area contributed by atoms with E-state index in [9.17, 15) is 0 Å². The zero-order chi connectivity index (χ0) is 14.4. The molecule has 4 aromatic rings. The van der Waals surface area contributed by atoms with Crippen molar-refractivity contribution in [2.45, 2.75) is 20.4 Å². The normalized spacial score (nSPS) is 11.5. The summed E-state index contributed by atoms with van der Waals surface area (Å²) in [5.74, 6) is 0. The maximum absolute atomic E-state index is 4.59. The van der Waals surface area contributed by atoms with Gasteiger partial charge in [0.1, 0.15) is 11.2 Å². The Kier molecular flexibility index (Phi) is 2.79. The van der Waals surface area contributed by atoms with Crippen LogP contribution >= 0.6 is 11.3 Å². The van der Waals surface area contributed by atoms with Crippen molar-refractivity contribution in [3.8, 4) is 11.3 Å². The van der Waals surface area contributed by atoms with Gasteiger partial charge < -0.3 is 4.57 Å². The molecule has 4 heteroatoms. The topological polar surface area (TPSA) is 30.7 Å². The largest absolute Gasteiger partial charge is 0.347 e. The third-order valence-corrected chi connectivity index (χ3v) is 4.94. The lowest BCUT2D eigenvalue weighted by Gasteiger charge is -2.01. The highest BCUT2D eigenvalue weighted by atomic mass is 32.1. The van der Waals surface area contributed by atoms with Gasteiger partial charge in [0, 0.05) is 34.6 Å². The van der Waals surface area contributed by atoms with Crippen LogP contribution in [0, 0.1) is 6.92 Å². The van der Waals surface area contributed by atoms with E-state index < -0.39 is 0 Å². The number of thiophene rings is 1. The third kappa shape index (κ3) is 1.79. The fraction of sp³-hybridized carbons (Fsp3) is 0.176. The van der Waals surface area contributed by atoms with Crippen molar-refractivity contribution >= 4 is 32.5 Å². The van der Waals surface area contributed by atoms with Crippen LogP contribution in [0.25, 0.3) is 32.4 Å². The molecule has 1 aromatic carbocycles. The zero-order valence-electron chi connectivity index (χ0n) is 12.0. The summed E-state index contributed by atoms with van der Waals surface area (Å²) in [6.07, 6.45) is 3.88. The molecule has 0 fully saturated rings. The van der Waals surface area contributed by atoms with Crippen LogP contribution in [0.2, 0.25) is 0 Å². The van der Waals surface area contributed by atoms with Crippen LogP contribution < -0.4 is 0 Å². The minimum atomic E-state index is 0.956. The molecule has 0 bridgehead atoms. The Hall–Kier alpha value is -2.20. The average Bonchev–Trinajstić information content (AvgIpc) is 3.09. The number of benzene rings is 1. The molecule has 3 nitrogen and oxygen atoms in total. The van der Waals surface area contributed by atoms with E-state index in [4.69, 9.17) is 0 Å². The summed E-state index contributed by atoms with van der Waals surface area (Å²) in [4.78, 5) is 10.0. The lowest BCUT2D eigenvalue weighted by molar-refractivity contribution is 0.798. The third-order valence-electron chi connectivity index (χ3n) is 3.94. The Morgan fingerprint density at radius 2 is 2.05 bits per heavy atom. The lowest BCUT2D eigenvalue weighted by Crippen LogP contribution is -1.90. The predicted molar refractivity (Wildman–Crippen MR) is 88.8 cm³/mol. The molecule has 3 heterocycles. The second-order valence-electron chi connectivity index (χ2n) is 5.17. The molecule has 0 saturated carbocycles. The van der Waals surface area contributed by atoms with E-state index in [2.05, 4.69) is 64.2 Å². The molecule has 104 valence electrons. The highest BCUT2D eigenvalue weighted by Crippen LogP contribution is 2.36. The van der Waals surface area contributed by atoms with Gasteiger partial charge in [-0.05, 0) is 30.9 Å². The van der Waals surface area contributed by atoms with Crippen LogP contribution in [0.4, 0.5) is 0 Å². The molecule has 0 aliphatic heterocycles. The molecule has 0 aliphatic rings. The summed E-state index contributed by atoms with van der Waals surface area (Å²) in [6.45, 7) is 5.25. The van der Waals surface area contributed by atoms with E-state index in [1.165, 1.54) is 27.4 Å². The maximum Gasteiger partial charge on any atom is 0.127 e. The molecule has 0 N–H and O–H groups in total. The fourth-order valence-electron chi connectivity index (χ4n) is 2.92. The van der Waals surface area contributed by atoms with Crippen LogP contribution in [0.15, 0.2) is 42.2 Å². The maximum atomic E-state index is 4.59. The first-order valence-electron chi connectivity index (χ1n) is 7.06. The van der Waals surface area contributed by atoms with Crippen molar-refractivity contribution in [2.24, 2.45) is 0 Å². The molecule has 3 aromatic heterocycles. The Morgan fingerprint density at radius 1 is 1.19 bits per heavy atom. The number of aromatic nitrogens is 3. The Labute approximate surface area is 126 Å². The van der Waals surface area contributed by atoms with Crippen molar-refractivity contribution in [2.75, 3.05) is 0 Å². The number of aryl methyl sites for hydroxylation is 2. The molecule has 21 heavy (non-hydrogen) atoms. The Balaban J connectivity index is 2.12. The summed E-state index contributed by atoms with van der Waals surface area (Å²) in [5.41, 5.74) is 4.75. The molecular formula is C17H15N3S. The fourth-order valence-corrected chi connectivity index (χ4v) is 3.81. The molecule has 0 atom stereocenters. The molecule has 0 saturated heterocycles. The van der Waals surface area contributed by atoms with E-state index in [-0.39, 0.29) is 0 Å². The van der Waals surface area contributed by atoms with Crippen molar-refractivity contribution in [3.63, 3.8) is 0 Å². The van der Waals surface area contributed by atoms with E-state index >= 15 is 0 Å². The molecule has 0 unspecified atom stereocenters. The standard InChI is InChI=1S/C17H15N3S/c1-3-20-8-13(12-6-4-5-7-14(12)20)16-15-11(2)9-21-17(15)19-10-18-16/h4-10H,3H2,1-2H3. The number of fused-ring (bicyclic) bond motifs is 2. The van der Waals surface area contributed by atoms with Crippen LogP contribution in [0.1, 0.15) is 12.5 Å². The first kappa shape index (κ1) is 12.5. The van der Waals surface area contributed by atoms with Gasteiger partial charge in [-0.2, -0.15) is 0 Å². The zero-order valence-corrected chi connectivity index (χ0v) is 12.8. The molecule has 0 aliphatic carbocycles. The summed E-state index contributed by atoms with van der Waals surface area (Å²) in [6, 6.07) is 8.52. The second-order valence-corrected chi connectivity index (χ2v) is 6.03. The van der Waals surface area contributed by atoms with Gasteiger partial charge in [-0.1, -0.05) is 18.2 Å². The smallest absolute Gasteiger partial charge is 0.127 e. The number of rotatable bonds is 2. The molecule has 0 amide bonds. The number of nitrogens with zero attached hydrogens (tertiary/aromatic N) is 3. The van der Waals surface area contributed by atoms with Gasteiger partial charge >= 0.3 is 0 Å². The summed E-state index contributed by atoms with van der Waals surface area (Å²) >= 11 is 1.68. The van der Waals surface area contributed by atoms with E-state index in [1.54, 1.807) is 17.7 Å². The first-order chi connectivity index (χ1) is 10.3. The number of hydrogen-bond donors (Lipinski definition) is 0. The lowest BCUT2D eigenvalue weighted by atomic mass is 10.1. The van der Waals surface area contributed by atoms with Gasteiger partial charge in [-0.15, -0.1) is 11.3 Å². The van der Waals surface area contributed by atoms with Gasteiger partial charge in [-0.25, -0.2) is 9.97 Å². The summed E-state index contributed by atoms with van der Waals surface area (Å²) in [7, 11) is 0. The Bertz CT molecular complexity index is 949. The molecule has 0 spiro atoms. The highest BCUT2D eigenvalue weighted by molar-refractivity contribution is 7.17. The minimum Gasteiger partial charge on any atom is -0.347 e. The minimum absolute atomic E-state index is 0.956. The monoisotopic (exact) mass is 293 g/mol. The SMILES string of the molecule is CCn1cc(-c2ncnc3scc(C)c23)c2ccccc21. The van der Waals surface area contributed by atoms with E-state index in [0.29, 0.717) is 0 Å². The van der Waals surface area contributed by atoms with Gasteiger partial charge in [0.05, 0.1) is 5.69 Å². The van der Waals surface area contributed by atoms with Crippen LogP contribution in [-0.4, -0.2) is 14.5 Å². The second kappa shape index (κ2) is 4.67. The van der Waals surface area contributed by atoms with Gasteiger partial charge in [-0.3, -0.25) is 0 Å². The van der Waals surface area contributed by atoms with Crippen molar-refractivity contribution in [3.05, 3.63) is 47.7 Å². The van der Waals surface area contributed by atoms with E-state index in [1.807, 2.05) is 0 Å². The van der Waals surface area contributed by atoms with Crippen LogP contribution in [-0.2, 0) is 6.54 Å². The summed E-state index contributed by atoms with van der Waals surface area (Å²) < 4.78 is 2.28. The van der Waals surface area contributed by atoms with Crippen molar-refractivity contribution in [1.82, 2.24) is 14.5 Å². The van der Waals surface area contributed by atoms with E-state index in [0.717, 1.165) is 17.1 Å². The first-order valence-corrected chi connectivity index (χ1v) is 7.94. The van der Waals surface area contributed by atoms with Gasteiger partial charge in [0.15, 0.2) is 0 Å². The molecular weight excluding hydrogens is 278 g/mol. The number of para-hydroxylation sites is 1. The molecule has 4 rings (SSSR count). The molecule has 0 radical (unpaired) electrons. The van der Waals surface area contributed by atoms with Crippen LogP contribution in [0.3, 0.4) is 0 Å². The van der Waals surface area contributed by atoms with Crippen LogP contribution in [0.5, 0.6) is 0 Å². The van der Waals surface area contributed by atoms with Crippen molar-refractivity contribution < 1.29 is 0 Å². The quantitative estimate of drug-likeness (QED) is 0.539. The highest BCUT2D eigenvalue weighted by Gasteiger charge is 2.15. The number of hydrogen-bond acceptors (Lipinski definition) is 3. The summed E-state index contributed by atoms with van der Waals surface area (Å²) in [5, 5.41) is 4.59. The van der Waals surface area contributed by atoms with Gasteiger partial charge in [0.2, 0.25) is 0 Å². The average molecular weight is 293 g/mol. The predicted octanol–water partition coefficient (Wildman–Crippen LogP) is 4.64. The van der Waals surface area contributed by atoms with Crippen molar-refractivity contribution in [1.29, 1.82) is 0 Å². The Morgan fingerprint density at radius 3 is 2.90 bits per heavy atom. The van der Waals surface area contributed by atoms with Gasteiger partial charge in [0.25, 0.3) is 0 Å².